The van der Waals surface area contributed by atoms with Gasteiger partial charge in [0, 0.05) is 36.6 Å². The molecule has 1 heterocycles. The lowest BCUT2D eigenvalue weighted by Gasteiger charge is -2.13. The Morgan fingerprint density at radius 3 is 2.74 bits per heavy atom. The number of carbonyl (C=O) groups is 1. The number of anilines is 2. The number of hydrogen-bond acceptors (Lipinski definition) is 3. The minimum absolute atomic E-state index is 0.210. The van der Waals surface area contributed by atoms with E-state index in [-0.39, 0.29) is 5.91 Å². The Balaban J connectivity index is 2.18. The molecule has 1 amide bonds. The van der Waals surface area contributed by atoms with E-state index < -0.39 is 0 Å². The number of halogens is 1. The predicted octanol–water partition coefficient (Wildman–Crippen LogP) is 3.05. The number of rotatable bonds is 3. The summed E-state index contributed by atoms with van der Waals surface area (Å²) in [6, 6.07) is 10.6. The fourth-order valence-electron chi connectivity index (χ4n) is 1.59. The summed E-state index contributed by atoms with van der Waals surface area (Å²) < 4.78 is 0. The van der Waals surface area contributed by atoms with Gasteiger partial charge in [-0.1, -0.05) is 17.7 Å². The first-order chi connectivity index (χ1) is 9.06. The molecule has 0 spiro atoms. The third kappa shape index (κ3) is 3.45. The summed E-state index contributed by atoms with van der Waals surface area (Å²) in [7, 11) is 3.85. The van der Waals surface area contributed by atoms with E-state index >= 15 is 0 Å². The summed E-state index contributed by atoms with van der Waals surface area (Å²) in [5.41, 5.74) is 1.54. The van der Waals surface area contributed by atoms with Gasteiger partial charge in [0.05, 0.1) is 0 Å². The van der Waals surface area contributed by atoms with Crippen LogP contribution in [0.3, 0.4) is 0 Å². The smallest absolute Gasteiger partial charge is 0.256 e. The highest BCUT2D eigenvalue weighted by Crippen LogP contribution is 2.16. The molecular weight excluding hydrogens is 262 g/mol. The first kappa shape index (κ1) is 13.4. The fourth-order valence-corrected chi connectivity index (χ4v) is 1.75. The van der Waals surface area contributed by atoms with Crippen molar-refractivity contribution in [2.45, 2.75) is 0 Å². The molecule has 0 saturated carbocycles. The number of carbonyl (C=O) groups excluding carboxylic acids is 1. The number of aromatic nitrogens is 1. The molecule has 1 aromatic carbocycles. The highest BCUT2D eigenvalue weighted by molar-refractivity contribution is 6.30. The van der Waals surface area contributed by atoms with Gasteiger partial charge in [-0.15, -0.1) is 0 Å². The van der Waals surface area contributed by atoms with Crippen molar-refractivity contribution in [3.05, 3.63) is 53.2 Å². The van der Waals surface area contributed by atoms with Gasteiger partial charge in [0.15, 0.2) is 0 Å². The molecule has 5 heteroatoms. The summed E-state index contributed by atoms with van der Waals surface area (Å²) in [4.78, 5) is 18.1. The molecule has 19 heavy (non-hydrogen) atoms. The Hall–Kier alpha value is -2.07. The van der Waals surface area contributed by atoms with E-state index in [4.69, 9.17) is 11.6 Å². The van der Waals surface area contributed by atoms with Gasteiger partial charge in [0.2, 0.25) is 0 Å². The van der Waals surface area contributed by atoms with Crippen LogP contribution >= 0.6 is 11.6 Å². The van der Waals surface area contributed by atoms with Crippen molar-refractivity contribution in [2.75, 3.05) is 24.3 Å². The molecule has 0 aliphatic rings. The van der Waals surface area contributed by atoms with E-state index in [9.17, 15) is 4.79 Å². The summed E-state index contributed by atoms with van der Waals surface area (Å²) in [5.74, 6) is 0.228. The lowest BCUT2D eigenvalue weighted by molar-refractivity contribution is 0.102. The van der Waals surface area contributed by atoms with Crippen molar-refractivity contribution in [3.63, 3.8) is 0 Å². The third-order valence-electron chi connectivity index (χ3n) is 2.59. The topological polar surface area (TPSA) is 45.2 Å². The Morgan fingerprint density at radius 2 is 2.05 bits per heavy atom. The summed E-state index contributed by atoms with van der Waals surface area (Å²) in [6.07, 6.45) is 1.55. The molecule has 4 nitrogen and oxygen atoms in total. The van der Waals surface area contributed by atoms with Crippen LogP contribution in [-0.2, 0) is 0 Å². The number of nitrogens with one attached hydrogen (secondary N) is 1. The number of nitrogens with zero attached hydrogens (tertiary/aromatic N) is 2. The second-order valence-electron chi connectivity index (χ2n) is 4.26. The molecule has 0 radical (unpaired) electrons. The van der Waals surface area contributed by atoms with Crippen LogP contribution in [0, 0.1) is 0 Å². The van der Waals surface area contributed by atoms with E-state index in [0.29, 0.717) is 16.4 Å². The second kappa shape index (κ2) is 5.71. The summed E-state index contributed by atoms with van der Waals surface area (Å²) >= 11 is 5.84. The van der Waals surface area contributed by atoms with Gasteiger partial charge in [-0.2, -0.15) is 0 Å². The Morgan fingerprint density at radius 1 is 1.26 bits per heavy atom. The molecular formula is C14H14ClN3O. The molecule has 0 bridgehead atoms. The van der Waals surface area contributed by atoms with Gasteiger partial charge in [-0.05, 0) is 30.3 Å². The molecule has 98 valence electrons. The lowest BCUT2D eigenvalue weighted by Crippen LogP contribution is -2.14. The quantitative estimate of drug-likeness (QED) is 0.936. The van der Waals surface area contributed by atoms with Gasteiger partial charge < -0.3 is 10.2 Å². The van der Waals surface area contributed by atoms with E-state index in [1.165, 1.54) is 0 Å². The maximum atomic E-state index is 12.1. The monoisotopic (exact) mass is 275 g/mol. The van der Waals surface area contributed by atoms with Gasteiger partial charge >= 0.3 is 0 Å². The molecule has 0 aliphatic carbocycles. The molecule has 0 saturated heterocycles. The van der Waals surface area contributed by atoms with Crippen molar-refractivity contribution in [1.29, 1.82) is 0 Å². The zero-order valence-corrected chi connectivity index (χ0v) is 11.5. The molecule has 2 aromatic rings. The van der Waals surface area contributed by atoms with Crippen LogP contribution in [0.2, 0.25) is 5.02 Å². The molecule has 2 rings (SSSR count). The van der Waals surface area contributed by atoms with Crippen LogP contribution in [0.25, 0.3) is 0 Å². The van der Waals surface area contributed by atoms with Crippen molar-refractivity contribution >= 4 is 29.0 Å². The summed E-state index contributed by atoms with van der Waals surface area (Å²) in [5, 5.41) is 3.25. The van der Waals surface area contributed by atoms with Gasteiger partial charge in [0.25, 0.3) is 5.91 Å². The molecule has 1 aromatic heterocycles. The SMILES string of the molecule is CN(C)c1cccc(C(=O)Nc2cc(Cl)ccn2)c1. The Labute approximate surface area is 117 Å². The number of hydrogen-bond donors (Lipinski definition) is 1. The van der Waals surface area contributed by atoms with Crippen LogP contribution in [-0.4, -0.2) is 25.0 Å². The van der Waals surface area contributed by atoms with E-state index in [0.717, 1.165) is 5.69 Å². The standard InChI is InChI=1S/C14H14ClN3O/c1-18(2)12-5-3-4-10(8-12)14(19)17-13-9-11(15)6-7-16-13/h3-9H,1-2H3,(H,16,17,19). The predicted molar refractivity (Wildman–Crippen MR) is 78.0 cm³/mol. The van der Waals surface area contributed by atoms with Gasteiger partial charge in [0.1, 0.15) is 5.82 Å². The fraction of sp³-hybridized carbons (Fsp3) is 0.143. The molecule has 1 N–H and O–H groups in total. The molecule has 0 aliphatic heterocycles. The number of amides is 1. The van der Waals surface area contributed by atoms with Crippen LogP contribution in [0.4, 0.5) is 11.5 Å². The van der Waals surface area contributed by atoms with Crippen molar-refractivity contribution in [2.24, 2.45) is 0 Å². The van der Waals surface area contributed by atoms with E-state index in [2.05, 4.69) is 10.3 Å². The summed E-state index contributed by atoms with van der Waals surface area (Å²) in [6.45, 7) is 0. The van der Waals surface area contributed by atoms with Crippen LogP contribution < -0.4 is 10.2 Å². The Kier molecular flexibility index (Phi) is 4.02. The van der Waals surface area contributed by atoms with Crippen LogP contribution in [0.5, 0.6) is 0 Å². The minimum Gasteiger partial charge on any atom is -0.378 e. The zero-order chi connectivity index (χ0) is 13.8. The maximum absolute atomic E-state index is 12.1. The molecule has 0 unspecified atom stereocenters. The molecule has 0 fully saturated rings. The highest BCUT2D eigenvalue weighted by Gasteiger charge is 2.08. The first-order valence-electron chi connectivity index (χ1n) is 5.76. The normalized spacial score (nSPS) is 10.1. The van der Waals surface area contributed by atoms with Crippen molar-refractivity contribution < 1.29 is 4.79 Å². The zero-order valence-electron chi connectivity index (χ0n) is 10.7. The van der Waals surface area contributed by atoms with E-state index in [1.54, 1.807) is 24.4 Å². The largest absolute Gasteiger partial charge is 0.378 e. The number of benzene rings is 1. The first-order valence-corrected chi connectivity index (χ1v) is 6.14. The van der Waals surface area contributed by atoms with Crippen LogP contribution in [0.15, 0.2) is 42.6 Å². The second-order valence-corrected chi connectivity index (χ2v) is 4.69. The molecule has 0 atom stereocenters. The highest BCUT2D eigenvalue weighted by atomic mass is 35.5. The average molecular weight is 276 g/mol. The van der Waals surface area contributed by atoms with Crippen LogP contribution in [0.1, 0.15) is 10.4 Å². The maximum Gasteiger partial charge on any atom is 0.256 e. The Bertz CT molecular complexity index is 599. The third-order valence-corrected chi connectivity index (χ3v) is 2.82. The average Bonchev–Trinajstić information content (AvgIpc) is 2.39. The van der Waals surface area contributed by atoms with Crippen molar-refractivity contribution in [1.82, 2.24) is 4.98 Å². The van der Waals surface area contributed by atoms with Gasteiger partial charge in [-0.3, -0.25) is 4.79 Å². The van der Waals surface area contributed by atoms with Crippen molar-refractivity contribution in [3.8, 4) is 0 Å². The minimum atomic E-state index is -0.210. The number of pyridine rings is 1. The van der Waals surface area contributed by atoms with Gasteiger partial charge in [-0.25, -0.2) is 4.98 Å². The van der Waals surface area contributed by atoms with E-state index in [1.807, 2.05) is 37.2 Å². The lowest BCUT2D eigenvalue weighted by atomic mass is 10.2.